The minimum absolute atomic E-state index is 0.0487. The highest BCUT2D eigenvalue weighted by Gasteiger charge is 2.17. The van der Waals surface area contributed by atoms with Crippen LogP contribution < -0.4 is 10.9 Å². The lowest BCUT2D eigenvalue weighted by Crippen LogP contribution is -2.27. The number of rotatable bonds is 8. The van der Waals surface area contributed by atoms with Crippen molar-refractivity contribution in [2.24, 2.45) is 0 Å². The van der Waals surface area contributed by atoms with Crippen molar-refractivity contribution in [3.05, 3.63) is 86.4 Å². The molecule has 4 aromatic rings. The predicted molar refractivity (Wildman–Crippen MR) is 135 cm³/mol. The zero-order chi connectivity index (χ0) is 24.2. The fourth-order valence-electron chi connectivity index (χ4n) is 4.09. The van der Waals surface area contributed by atoms with Gasteiger partial charge in [-0.2, -0.15) is 10.2 Å². The van der Waals surface area contributed by atoms with E-state index in [4.69, 9.17) is 11.6 Å². The number of halogens is 1. The van der Waals surface area contributed by atoms with E-state index in [1.54, 1.807) is 4.68 Å². The van der Waals surface area contributed by atoms with Crippen molar-refractivity contribution in [2.45, 2.75) is 46.6 Å². The van der Waals surface area contributed by atoms with Crippen molar-refractivity contribution >= 4 is 28.4 Å². The molecule has 8 heteroatoms. The van der Waals surface area contributed by atoms with Gasteiger partial charge in [0, 0.05) is 24.5 Å². The van der Waals surface area contributed by atoms with Crippen molar-refractivity contribution in [3.8, 4) is 5.69 Å². The molecular weight excluding hydrogens is 450 g/mol. The van der Waals surface area contributed by atoms with Gasteiger partial charge in [-0.05, 0) is 63.4 Å². The summed E-state index contributed by atoms with van der Waals surface area (Å²) in [6.45, 7) is 6.75. The van der Waals surface area contributed by atoms with Crippen molar-refractivity contribution in [3.63, 3.8) is 0 Å². The van der Waals surface area contributed by atoms with Gasteiger partial charge >= 0.3 is 0 Å². The summed E-state index contributed by atoms with van der Waals surface area (Å²) in [5.41, 5.74) is 4.93. The van der Waals surface area contributed by atoms with Crippen LogP contribution in [-0.4, -0.2) is 32.0 Å². The Kier molecular flexibility index (Phi) is 7.12. The lowest BCUT2D eigenvalue weighted by atomic mass is 10.1. The molecule has 0 atom stereocenters. The third-order valence-electron chi connectivity index (χ3n) is 5.86. The molecule has 2 aromatic heterocycles. The lowest BCUT2D eigenvalue weighted by Gasteiger charge is -2.08. The highest BCUT2D eigenvalue weighted by molar-refractivity contribution is 6.30. The number of benzene rings is 2. The van der Waals surface area contributed by atoms with Gasteiger partial charge < -0.3 is 5.32 Å². The van der Waals surface area contributed by atoms with E-state index in [1.807, 2.05) is 69.3 Å². The molecular formula is C26H28ClN5O2. The van der Waals surface area contributed by atoms with Crippen LogP contribution in [0.1, 0.15) is 35.4 Å². The van der Waals surface area contributed by atoms with E-state index in [0.717, 1.165) is 33.6 Å². The Morgan fingerprint density at radius 3 is 2.56 bits per heavy atom. The van der Waals surface area contributed by atoms with Gasteiger partial charge in [0.25, 0.3) is 5.56 Å². The number of aromatic nitrogens is 4. The summed E-state index contributed by atoms with van der Waals surface area (Å²) in [6, 6.07) is 15.6. The molecule has 0 fully saturated rings. The number of aryl methyl sites for hydroxylation is 4. The van der Waals surface area contributed by atoms with Gasteiger partial charge in [0.1, 0.15) is 0 Å². The summed E-state index contributed by atoms with van der Waals surface area (Å²) in [5, 5.41) is 13.5. The summed E-state index contributed by atoms with van der Waals surface area (Å²) in [7, 11) is 0. The SMILES string of the molecule is Cc1ccc(-n2nc3c(=O)n(CCCC(=O)NCCc4cccc(Cl)c4)nc(C)c3c2C)cc1. The van der Waals surface area contributed by atoms with Gasteiger partial charge in [0.05, 0.1) is 22.5 Å². The summed E-state index contributed by atoms with van der Waals surface area (Å²) >= 11 is 5.99. The van der Waals surface area contributed by atoms with Crippen molar-refractivity contribution in [1.29, 1.82) is 0 Å². The van der Waals surface area contributed by atoms with Crippen LogP contribution in [0.15, 0.2) is 53.3 Å². The second-order valence-electron chi connectivity index (χ2n) is 8.50. The lowest BCUT2D eigenvalue weighted by molar-refractivity contribution is -0.121. The number of nitrogens with zero attached hydrogens (tertiary/aromatic N) is 4. The van der Waals surface area contributed by atoms with E-state index >= 15 is 0 Å². The number of fused-ring (bicyclic) bond motifs is 1. The largest absolute Gasteiger partial charge is 0.356 e. The topological polar surface area (TPSA) is 81.8 Å². The Morgan fingerprint density at radius 2 is 1.82 bits per heavy atom. The van der Waals surface area contributed by atoms with Crippen LogP contribution in [0, 0.1) is 20.8 Å². The molecule has 0 saturated heterocycles. The molecule has 0 unspecified atom stereocenters. The Morgan fingerprint density at radius 1 is 1.06 bits per heavy atom. The first-order valence-corrected chi connectivity index (χ1v) is 11.8. The Hall–Kier alpha value is -3.45. The van der Waals surface area contributed by atoms with Gasteiger partial charge in [0.15, 0.2) is 5.52 Å². The summed E-state index contributed by atoms with van der Waals surface area (Å²) < 4.78 is 3.21. The first kappa shape index (κ1) is 23.7. The van der Waals surface area contributed by atoms with Crippen LogP contribution in [0.3, 0.4) is 0 Å². The number of hydrogen-bond acceptors (Lipinski definition) is 4. The third-order valence-corrected chi connectivity index (χ3v) is 6.10. The highest BCUT2D eigenvalue weighted by Crippen LogP contribution is 2.21. The average Bonchev–Trinajstić information content (AvgIpc) is 3.15. The number of carbonyl (C=O) groups is 1. The van der Waals surface area contributed by atoms with Gasteiger partial charge in [-0.1, -0.05) is 41.4 Å². The maximum atomic E-state index is 13.1. The summed E-state index contributed by atoms with van der Waals surface area (Å²) in [5.74, 6) is -0.0487. The maximum absolute atomic E-state index is 13.1. The Balaban J connectivity index is 1.40. The molecule has 176 valence electrons. The minimum Gasteiger partial charge on any atom is -0.356 e. The first-order chi connectivity index (χ1) is 16.3. The molecule has 34 heavy (non-hydrogen) atoms. The molecule has 1 N–H and O–H groups in total. The van der Waals surface area contributed by atoms with Gasteiger partial charge in [-0.15, -0.1) is 0 Å². The number of carbonyl (C=O) groups excluding carboxylic acids is 1. The summed E-state index contributed by atoms with van der Waals surface area (Å²) in [4.78, 5) is 25.3. The second-order valence-corrected chi connectivity index (χ2v) is 8.94. The molecule has 0 aliphatic carbocycles. The Bertz CT molecular complexity index is 1390. The zero-order valence-electron chi connectivity index (χ0n) is 19.6. The minimum atomic E-state index is -0.240. The van der Waals surface area contributed by atoms with Crippen LogP contribution in [0.2, 0.25) is 5.02 Å². The van der Waals surface area contributed by atoms with E-state index in [-0.39, 0.29) is 11.5 Å². The predicted octanol–water partition coefficient (Wildman–Crippen LogP) is 4.30. The number of hydrogen-bond donors (Lipinski definition) is 1. The Labute approximate surface area is 203 Å². The number of amides is 1. The zero-order valence-corrected chi connectivity index (χ0v) is 20.4. The quantitative estimate of drug-likeness (QED) is 0.410. The van der Waals surface area contributed by atoms with Gasteiger partial charge in [0.2, 0.25) is 5.91 Å². The fraction of sp³-hybridized carbons (Fsp3) is 0.308. The molecule has 2 aromatic carbocycles. The smallest absolute Gasteiger partial charge is 0.295 e. The highest BCUT2D eigenvalue weighted by atomic mass is 35.5. The molecule has 0 spiro atoms. The van der Waals surface area contributed by atoms with Crippen molar-refractivity contribution < 1.29 is 4.79 Å². The van der Waals surface area contributed by atoms with Crippen LogP contribution in [0.5, 0.6) is 0 Å². The molecule has 0 radical (unpaired) electrons. The van der Waals surface area contributed by atoms with Crippen molar-refractivity contribution in [1.82, 2.24) is 24.9 Å². The van der Waals surface area contributed by atoms with Crippen LogP contribution >= 0.6 is 11.6 Å². The molecule has 0 bridgehead atoms. The molecule has 7 nitrogen and oxygen atoms in total. The normalized spacial score (nSPS) is 11.2. The maximum Gasteiger partial charge on any atom is 0.295 e. The van der Waals surface area contributed by atoms with Crippen LogP contribution in [0.25, 0.3) is 16.6 Å². The molecule has 2 heterocycles. The molecule has 0 aliphatic heterocycles. The standard InChI is InChI=1S/C26H28ClN5O2/c1-17-9-11-22(12-10-17)32-19(3)24-18(2)29-31(26(34)25(24)30-32)15-5-8-23(33)28-14-13-20-6-4-7-21(27)16-20/h4,6-7,9-12,16H,5,8,13-15H2,1-3H3,(H,28,33). The molecule has 1 amide bonds. The van der Waals surface area contributed by atoms with Crippen LogP contribution in [0.4, 0.5) is 0 Å². The van der Waals surface area contributed by atoms with Gasteiger partial charge in [-0.3, -0.25) is 9.59 Å². The first-order valence-electron chi connectivity index (χ1n) is 11.4. The molecule has 4 rings (SSSR count). The third kappa shape index (κ3) is 5.20. The van der Waals surface area contributed by atoms with E-state index in [1.165, 1.54) is 4.68 Å². The fourth-order valence-corrected chi connectivity index (χ4v) is 4.30. The number of nitrogens with one attached hydrogen (secondary N) is 1. The summed E-state index contributed by atoms with van der Waals surface area (Å²) in [6.07, 6.45) is 1.54. The van der Waals surface area contributed by atoms with E-state index in [9.17, 15) is 9.59 Å². The van der Waals surface area contributed by atoms with E-state index < -0.39 is 0 Å². The average molecular weight is 478 g/mol. The van der Waals surface area contributed by atoms with Crippen molar-refractivity contribution in [2.75, 3.05) is 6.54 Å². The monoisotopic (exact) mass is 477 g/mol. The molecule has 0 aliphatic rings. The van der Waals surface area contributed by atoms with Crippen LogP contribution in [-0.2, 0) is 17.8 Å². The van der Waals surface area contributed by atoms with E-state index in [0.29, 0.717) is 42.9 Å². The second kappa shape index (κ2) is 10.2. The molecule has 0 saturated carbocycles. The van der Waals surface area contributed by atoms with E-state index in [2.05, 4.69) is 15.5 Å². The van der Waals surface area contributed by atoms with Gasteiger partial charge in [-0.25, -0.2) is 9.36 Å².